The maximum atomic E-state index is 13.5. The first kappa shape index (κ1) is 23.9. The van der Waals surface area contributed by atoms with Crippen molar-refractivity contribution >= 4 is 11.6 Å². The number of rotatable bonds is 7. The molecule has 0 spiro atoms. The molecule has 1 aliphatic heterocycles. The summed E-state index contributed by atoms with van der Waals surface area (Å²) in [5.41, 5.74) is 3.19. The van der Waals surface area contributed by atoms with Crippen molar-refractivity contribution in [3.05, 3.63) is 65.6 Å². The first-order valence-corrected chi connectivity index (χ1v) is 13.2. The van der Waals surface area contributed by atoms with Crippen molar-refractivity contribution in [2.45, 2.75) is 70.9 Å². The third kappa shape index (κ3) is 5.53. The van der Waals surface area contributed by atoms with Crippen LogP contribution in [-0.4, -0.2) is 45.4 Å². The number of aromatic nitrogens is 2. The highest BCUT2D eigenvalue weighted by Gasteiger charge is 2.33. The topological polar surface area (TPSA) is 58.9 Å². The number of hydrogen-bond donors (Lipinski definition) is 1. The Kier molecular flexibility index (Phi) is 7.09. The van der Waals surface area contributed by atoms with E-state index in [1.54, 1.807) is 0 Å². The van der Waals surface area contributed by atoms with Gasteiger partial charge in [0.2, 0.25) is 0 Å². The molecule has 1 amide bonds. The van der Waals surface area contributed by atoms with Gasteiger partial charge in [-0.2, -0.15) is 0 Å². The van der Waals surface area contributed by atoms with Gasteiger partial charge in [0.25, 0.3) is 5.91 Å². The molecule has 0 atom stereocenters. The predicted octanol–water partition coefficient (Wildman–Crippen LogP) is 5.39. The fourth-order valence-electron chi connectivity index (χ4n) is 5.61. The molecule has 35 heavy (non-hydrogen) atoms. The lowest BCUT2D eigenvalue weighted by atomic mass is 9.89. The lowest BCUT2D eigenvalue weighted by molar-refractivity contribution is 0.0821. The minimum Gasteiger partial charge on any atom is -0.489 e. The van der Waals surface area contributed by atoms with Gasteiger partial charge in [-0.1, -0.05) is 49.6 Å². The molecule has 186 valence electrons. The minimum absolute atomic E-state index is 0.0570. The third-order valence-electron chi connectivity index (χ3n) is 7.83. The first-order chi connectivity index (χ1) is 17.0. The van der Waals surface area contributed by atoms with E-state index >= 15 is 0 Å². The number of aryl methyl sites for hydroxylation is 1. The van der Waals surface area contributed by atoms with E-state index in [4.69, 9.17) is 9.72 Å². The molecule has 2 aliphatic rings. The van der Waals surface area contributed by atoms with Crippen molar-refractivity contribution in [2.75, 3.05) is 19.7 Å². The number of benzene rings is 1. The molecule has 1 aromatic carbocycles. The van der Waals surface area contributed by atoms with Crippen molar-refractivity contribution in [2.24, 2.45) is 5.92 Å². The van der Waals surface area contributed by atoms with Gasteiger partial charge in [-0.15, -0.1) is 0 Å². The van der Waals surface area contributed by atoms with E-state index in [-0.39, 0.29) is 11.4 Å². The maximum absolute atomic E-state index is 13.5. The summed E-state index contributed by atoms with van der Waals surface area (Å²) >= 11 is 0. The second-order valence-corrected chi connectivity index (χ2v) is 10.7. The van der Waals surface area contributed by atoms with Gasteiger partial charge < -0.3 is 10.1 Å². The van der Waals surface area contributed by atoms with Gasteiger partial charge in [0, 0.05) is 31.4 Å². The number of likely N-dealkylation sites (tertiary alicyclic amines) is 1. The van der Waals surface area contributed by atoms with Crippen LogP contribution in [0.25, 0.3) is 5.65 Å². The minimum atomic E-state index is -0.226. The molecule has 5 rings (SSSR count). The second kappa shape index (κ2) is 10.4. The molecule has 1 saturated carbocycles. The number of imidazole rings is 1. The summed E-state index contributed by atoms with van der Waals surface area (Å²) in [6.07, 6.45) is 10.2. The van der Waals surface area contributed by atoms with E-state index in [1.807, 2.05) is 29.7 Å². The lowest BCUT2D eigenvalue weighted by Crippen LogP contribution is -2.53. The number of amides is 1. The number of fused-ring (bicyclic) bond motifs is 1. The SMILES string of the molecule is Cc1nc2c(OCC3CCCCC3)cccn2c1C(=O)NC1(C)CCN(Cc2ccccc2)CC1. The zero-order chi connectivity index (χ0) is 24.3. The molecule has 6 heteroatoms. The number of hydrogen-bond acceptors (Lipinski definition) is 4. The van der Waals surface area contributed by atoms with Gasteiger partial charge in [0.1, 0.15) is 5.69 Å². The summed E-state index contributed by atoms with van der Waals surface area (Å²) in [6.45, 7) is 7.71. The van der Waals surface area contributed by atoms with E-state index in [0.717, 1.165) is 56.2 Å². The molecule has 1 saturated heterocycles. The van der Waals surface area contributed by atoms with Crippen molar-refractivity contribution < 1.29 is 9.53 Å². The quantitative estimate of drug-likeness (QED) is 0.499. The molecular weight excluding hydrogens is 436 g/mol. The highest BCUT2D eigenvalue weighted by atomic mass is 16.5. The summed E-state index contributed by atoms with van der Waals surface area (Å²) in [4.78, 5) is 20.7. The predicted molar refractivity (Wildman–Crippen MR) is 139 cm³/mol. The number of carbonyl (C=O) groups is 1. The summed E-state index contributed by atoms with van der Waals surface area (Å²) < 4.78 is 8.11. The lowest BCUT2D eigenvalue weighted by Gasteiger charge is -2.40. The van der Waals surface area contributed by atoms with Crippen LogP contribution in [0.15, 0.2) is 48.7 Å². The summed E-state index contributed by atoms with van der Waals surface area (Å²) in [7, 11) is 0. The molecule has 0 unspecified atom stereocenters. The van der Waals surface area contributed by atoms with Crippen molar-refractivity contribution in [1.29, 1.82) is 0 Å². The zero-order valence-corrected chi connectivity index (χ0v) is 21.1. The van der Waals surface area contributed by atoms with Crippen molar-refractivity contribution in [3.8, 4) is 5.75 Å². The number of nitrogens with one attached hydrogen (secondary N) is 1. The smallest absolute Gasteiger partial charge is 0.270 e. The maximum Gasteiger partial charge on any atom is 0.270 e. The van der Waals surface area contributed by atoms with Crippen LogP contribution in [0.1, 0.15) is 73.6 Å². The standard InChI is InChI=1S/C29H38N4O2/c1-22-26(33-17-9-14-25(27(33)30-22)35-21-24-12-7-4-8-13-24)28(34)31-29(2)15-18-32(19-16-29)20-23-10-5-3-6-11-23/h3,5-6,9-11,14,17,24H,4,7-8,12-13,15-16,18-21H2,1-2H3,(H,31,34). The fraction of sp³-hybridized carbons (Fsp3) is 0.517. The van der Waals surface area contributed by atoms with E-state index in [1.165, 1.54) is 37.7 Å². The summed E-state index contributed by atoms with van der Waals surface area (Å²) in [6, 6.07) is 14.5. The van der Waals surface area contributed by atoms with Crippen LogP contribution in [0.5, 0.6) is 5.75 Å². The van der Waals surface area contributed by atoms with Crippen LogP contribution in [0.2, 0.25) is 0 Å². The average molecular weight is 475 g/mol. The number of carbonyl (C=O) groups excluding carboxylic acids is 1. The Bertz CT molecular complexity index is 1140. The molecule has 2 aromatic heterocycles. The summed E-state index contributed by atoms with van der Waals surface area (Å²) in [5.74, 6) is 1.33. The van der Waals surface area contributed by atoms with Crippen LogP contribution in [0, 0.1) is 12.8 Å². The van der Waals surface area contributed by atoms with Gasteiger partial charge in [-0.25, -0.2) is 4.98 Å². The van der Waals surface area contributed by atoms with E-state index in [0.29, 0.717) is 11.6 Å². The van der Waals surface area contributed by atoms with Crippen molar-refractivity contribution in [1.82, 2.24) is 19.6 Å². The van der Waals surface area contributed by atoms with Crippen LogP contribution in [0.3, 0.4) is 0 Å². The molecule has 1 N–H and O–H groups in total. The Morgan fingerprint density at radius 1 is 1.09 bits per heavy atom. The monoisotopic (exact) mass is 474 g/mol. The van der Waals surface area contributed by atoms with Gasteiger partial charge >= 0.3 is 0 Å². The largest absolute Gasteiger partial charge is 0.489 e. The third-order valence-corrected chi connectivity index (χ3v) is 7.83. The number of nitrogens with zero attached hydrogens (tertiary/aromatic N) is 3. The molecule has 3 aromatic rings. The van der Waals surface area contributed by atoms with Gasteiger partial charge in [0.15, 0.2) is 11.4 Å². The number of pyridine rings is 1. The zero-order valence-electron chi connectivity index (χ0n) is 21.1. The second-order valence-electron chi connectivity index (χ2n) is 10.7. The van der Waals surface area contributed by atoms with E-state index in [9.17, 15) is 4.79 Å². The Balaban J connectivity index is 1.24. The molecule has 6 nitrogen and oxygen atoms in total. The Labute approximate surface area is 208 Å². The number of piperidine rings is 1. The van der Waals surface area contributed by atoms with E-state index in [2.05, 4.69) is 47.5 Å². The van der Waals surface area contributed by atoms with Gasteiger partial charge in [0.05, 0.1) is 12.3 Å². The molecular formula is C29H38N4O2. The highest BCUT2D eigenvalue weighted by molar-refractivity contribution is 5.95. The average Bonchev–Trinajstić information content (AvgIpc) is 3.22. The van der Waals surface area contributed by atoms with Crippen LogP contribution < -0.4 is 10.1 Å². The van der Waals surface area contributed by atoms with Crippen LogP contribution in [-0.2, 0) is 6.54 Å². The molecule has 1 aliphatic carbocycles. The van der Waals surface area contributed by atoms with Gasteiger partial charge in [-0.05, 0) is 63.1 Å². The number of ether oxygens (including phenoxy) is 1. The summed E-state index contributed by atoms with van der Waals surface area (Å²) in [5, 5.41) is 3.35. The molecule has 2 fully saturated rings. The molecule has 0 radical (unpaired) electrons. The Morgan fingerprint density at radius 3 is 2.57 bits per heavy atom. The molecule has 0 bridgehead atoms. The van der Waals surface area contributed by atoms with Crippen LogP contribution in [0.4, 0.5) is 0 Å². The fourth-order valence-corrected chi connectivity index (χ4v) is 5.61. The normalized spacial score (nSPS) is 19.0. The van der Waals surface area contributed by atoms with Crippen LogP contribution >= 0.6 is 0 Å². The van der Waals surface area contributed by atoms with Crippen molar-refractivity contribution in [3.63, 3.8) is 0 Å². The Hall–Kier alpha value is -2.86. The van der Waals surface area contributed by atoms with E-state index < -0.39 is 0 Å². The Morgan fingerprint density at radius 2 is 1.83 bits per heavy atom. The first-order valence-electron chi connectivity index (χ1n) is 13.2. The highest BCUT2D eigenvalue weighted by Crippen LogP contribution is 2.28. The molecule has 3 heterocycles. The van der Waals surface area contributed by atoms with Gasteiger partial charge in [-0.3, -0.25) is 14.1 Å².